The van der Waals surface area contributed by atoms with Crippen LogP contribution in [0.3, 0.4) is 0 Å². The maximum Gasteiger partial charge on any atom is 0.210 e. The molecule has 7 heteroatoms. The Kier molecular flexibility index (Phi) is 4.12. The average molecular weight is 260 g/mol. The highest BCUT2D eigenvalue weighted by Gasteiger charge is 2.04. The summed E-state index contributed by atoms with van der Waals surface area (Å²) >= 11 is 5.85. The van der Waals surface area contributed by atoms with Gasteiger partial charge >= 0.3 is 0 Å². The van der Waals surface area contributed by atoms with Crippen LogP contribution in [-0.4, -0.2) is 20.7 Å². The second-order valence-electron chi connectivity index (χ2n) is 3.10. The Labute approximate surface area is 98.9 Å². The zero-order valence-electron chi connectivity index (χ0n) is 8.27. The van der Waals surface area contributed by atoms with Crippen molar-refractivity contribution in [1.29, 1.82) is 5.26 Å². The number of hydrogen-bond acceptors (Lipinski definition) is 4. The summed E-state index contributed by atoms with van der Waals surface area (Å²) in [5.74, 6) is -0.194. The molecule has 0 aliphatic rings. The Morgan fingerprint density at radius 3 is 2.75 bits per heavy atom. The zero-order valence-corrected chi connectivity index (χ0v) is 9.85. The van der Waals surface area contributed by atoms with E-state index in [1.807, 2.05) is 6.07 Å². The SMILES string of the molecule is N#Cc1ccc(Cl)c(NCCS(N)(=O)=O)c1. The molecule has 0 saturated heterocycles. The lowest BCUT2D eigenvalue weighted by Crippen LogP contribution is -2.22. The van der Waals surface area contributed by atoms with Gasteiger partial charge in [-0.25, -0.2) is 13.6 Å². The van der Waals surface area contributed by atoms with Gasteiger partial charge in [0.05, 0.1) is 28.1 Å². The monoisotopic (exact) mass is 259 g/mol. The van der Waals surface area contributed by atoms with E-state index in [1.165, 1.54) is 0 Å². The zero-order chi connectivity index (χ0) is 12.2. The first-order chi connectivity index (χ1) is 7.42. The van der Waals surface area contributed by atoms with Gasteiger partial charge in [-0.3, -0.25) is 0 Å². The summed E-state index contributed by atoms with van der Waals surface area (Å²) in [6.45, 7) is 0.146. The predicted octanol–water partition coefficient (Wildman–Crippen LogP) is 0.912. The molecule has 0 fully saturated rings. The van der Waals surface area contributed by atoms with E-state index in [-0.39, 0.29) is 12.3 Å². The van der Waals surface area contributed by atoms with Crippen LogP contribution < -0.4 is 10.5 Å². The molecular weight excluding hydrogens is 250 g/mol. The Hall–Kier alpha value is -1.29. The average Bonchev–Trinajstić information content (AvgIpc) is 2.19. The molecule has 3 N–H and O–H groups in total. The minimum Gasteiger partial charge on any atom is -0.383 e. The fourth-order valence-electron chi connectivity index (χ4n) is 1.06. The van der Waals surface area contributed by atoms with Gasteiger partial charge in [-0.1, -0.05) is 11.6 Å². The van der Waals surface area contributed by atoms with Gasteiger partial charge in [0.15, 0.2) is 0 Å². The van der Waals surface area contributed by atoms with E-state index < -0.39 is 10.0 Å². The van der Waals surface area contributed by atoms with Crippen molar-refractivity contribution in [2.75, 3.05) is 17.6 Å². The van der Waals surface area contributed by atoms with E-state index in [1.54, 1.807) is 18.2 Å². The van der Waals surface area contributed by atoms with Gasteiger partial charge in [0.1, 0.15) is 0 Å². The third-order valence-corrected chi connectivity index (χ3v) is 2.90. The Morgan fingerprint density at radius 1 is 1.50 bits per heavy atom. The molecule has 0 aromatic heterocycles. The van der Waals surface area contributed by atoms with Crippen molar-refractivity contribution in [3.8, 4) is 6.07 Å². The van der Waals surface area contributed by atoms with E-state index >= 15 is 0 Å². The van der Waals surface area contributed by atoms with Gasteiger partial charge < -0.3 is 5.32 Å². The van der Waals surface area contributed by atoms with Crippen molar-refractivity contribution in [1.82, 2.24) is 0 Å². The number of nitrogens with one attached hydrogen (secondary N) is 1. The number of hydrogen-bond donors (Lipinski definition) is 2. The predicted molar refractivity (Wildman–Crippen MR) is 62.6 cm³/mol. The molecule has 0 unspecified atom stereocenters. The molecule has 0 atom stereocenters. The second-order valence-corrected chi connectivity index (χ2v) is 5.24. The summed E-state index contributed by atoms with van der Waals surface area (Å²) in [5, 5.41) is 16.7. The summed E-state index contributed by atoms with van der Waals surface area (Å²) < 4.78 is 21.4. The summed E-state index contributed by atoms with van der Waals surface area (Å²) in [6, 6.07) is 6.65. The molecular formula is C9H10ClN3O2S. The molecule has 0 spiro atoms. The summed E-state index contributed by atoms with van der Waals surface area (Å²) in [7, 11) is -3.49. The van der Waals surface area contributed by atoms with Gasteiger partial charge in [0.2, 0.25) is 10.0 Å². The molecule has 0 aliphatic carbocycles. The third-order valence-electron chi connectivity index (χ3n) is 1.80. The molecule has 1 aromatic carbocycles. The van der Waals surface area contributed by atoms with E-state index in [4.69, 9.17) is 22.0 Å². The van der Waals surface area contributed by atoms with Crippen LogP contribution in [0.25, 0.3) is 0 Å². The smallest absolute Gasteiger partial charge is 0.210 e. The van der Waals surface area contributed by atoms with Crippen molar-refractivity contribution < 1.29 is 8.42 Å². The number of nitrogens with two attached hydrogens (primary N) is 1. The van der Waals surface area contributed by atoms with Crippen molar-refractivity contribution >= 4 is 27.3 Å². The number of benzene rings is 1. The lowest BCUT2D eigenvalue weighted by Gasteiger charge is -2.07. The maximum atomic E-state index is 10.7. The topological polar surface area (TPSA) is 96.0 Å². The van der Waals surface area contributed by atoms with Gasteiger partial charge in [0.25, 0.3) is 0 Å². The largest absolute Gasteiger partial charge is 0.383 e. The van der Waals surface area contributed by atoms with Crippen molar-refractivity contribution in [2.45, 2.75) is 0 Å². The Bertz CT molecular complexity index is 522. The van der Waals surface area contributed by atoms with Crippen LogP contribution in [0.15, 0.2) is 18.2 Å². The Morgan fingerprint density at radius 2 is 2.19 bits per heavy atom. The van der Waals surface area contributed by atoms with Crippen LogP contribution in [0.1, 0.15) is 5.56 Å². The highest BCUT2D eigenvalue weighted by Crippen LogP contribution is 2.22. The van der Waals surface area contributed by atoms with Gasteiger partial charge in [-0.2, -0.15) is 5.26 Å². The molecule has 0 heterocycles. The highest BCUT2D eigenvalue weighted by molar-refractivity contribution is 7.89. The first kappa shape index (κ1) is 12.8. The molecule has 16 heavy (non-hydrogen) atoms. The number of sulfonamides is 1. The number of anilines is 1. The molecule has 5 nitrogen and oxygen atoms in total. The molecule has 86 valence electrons. The molecule has 1 rings (SSSR count). The van der Waals surface area contributed by atoms with Crippen molar-refractivity contribution in [2.24, 2.45) is 5.14 Å². The first-order valence-electron chi connectivity index (χ1n) is 4.36. The molecule has 0 saturated carbocycles. The molecule has 0 radical (unpaired) electrons. The summed E-state index contributed by atoms with van der Waals surface area (Å²) in [5.41, 5.74) is 0.965. The van der Waals surface area contributed by atoms with E-state index in [2.05, 4.69) is 5.32 Å². The van der Waals surface area contributed by atoms with E-state index in [0.29, 0.717) is 16.3 Å². The first-order valence-corrected chi connectivity index (χ1v) is 6.46. The van der Waals surface area contributed by atoms with Crippen LogP contribution in [0, 0.1) is 11.3 Å². The highest BCUT2D eigenvalue weighted by atomic mass is 35.5. The fourth-order valence-corrected chi connectivity index (χ4v) is 1.63. The summed E-state index contributed by atoms with van der Waals surface area (Å²) in [6.07, 6.45) is 0. The minimum absolute atomic E-state index is 0.146. The summed E-state index contributed by atoms with van der Waals surface area (Å²) in [4.78, 5) is 0. The van der Waals surface area contributed by atoms with E-state index in [9.17, 15) is 8.42 Å². The van der Waals surface area contributed by atoms with Crippen LogP contribution in [0.5, 0.6) is 0 Å². The Balaban J connectivity index is 2.71. The number of nitrogens with zero attached hydrogens (tertiary/aromatic N) is 1. The van der Waals surface area contributed by atoms with Gasteiger partial charge in [-0.05, 0) is 18.2 Å². The lowest BCUT2D eigenvalue weighted by molar-refractivity contribution is 0.598. The number of halogens is 1. The van der Waals surface area contributed by atoms with Crippen molar-refractivity contribution in [3.05, 3.63) is 28.8 Å². The quantitative estimate of drug-likeness (QED) is 0.840. The lowest BCUT2D eigenvalue weighted by atomic mass is 10.2. The van der Waals surface area contributed by atoms with Crippen LogP contribution in [0.4, 0.5) is 5.69 Å². The van der Waals surface area contributed by atoms with Crippen LogP contribution in [0.2, 0.25) is 5.02 Å². The molecule has 1 aromatic rings. The second kappa shape index (κ2) is 5.16. The number of primary sulfonamides is 1. The van der Waals surface area contributed by atoms with Crippen LogP contribution in [-0.2, 0) is 10.0 Å². The molecule has 0 amide bonds. The third kappa shape index (κ3) is 4.06. The molecule has 0 aliphatic heterocycles. The minimum atomic E-state index is -3.49. The maximum absolute atomic E-state index is 10.7. The van der Waals surface area contributed by atoms with Gasteiger partial charge in [0, 0.05) is 6.54 Å². The van der Waals surface area contributed by atoms with Gasteiger partial charge in [-0.15, -0.1) is 0 Å². The molecule has 0 bridgehead atoms. The van der Waals surface area contributed by atoms with E-state index in [0.717, 1.165) is 0 Å². The normalized spacial score (nSPS) is 10.8. The van der Waals surface area contributed by atoms with Crippen molar-refractivity contribution in [3.63, 3.8) is 0 Å². The number of nitriles is 1. The number of rotatable bonds is 4. The standard InChI is InChI=1S/C9H10ClN3O2S/c10-8-2-1-7(6-11)5-9(8)13-3-4-16(12,14)15/h1-2,5,13H,3-4H2,(H2,12,14,15). The fraction of sp³-hybridized carbons (Fsp3) is 0.222. The van der Waals surface area contributed by atoms with Crippen LogP contribution >= 0.6 is 11.6 Å².